The molecule has 3 nitrogen and oxygen atoms in total. The zero-order valence-corrected chi connectivity index (χ0v) is 12.5. The molecular weight excluding hydrogens is 274 g/mol. The van der Waals surface area contributed by atoms with E-state index in [0.717, 1.165) is 37.8 Å². The summed E-state index contributed by atoms with van der Waals surface area (Å²) in [6.45, 7) is 3.91. The third kappa shape index (κ3) is 3.93. The van der Waals surface area contributed by atoms with Crippen LogP contribution in [0.25, 0.3) is 0 Å². The number of carbonyl (C=O) groups excluding carboxylic acids is 1. The Morgan fingerprint density at radius 1 is 1.24 bits per heavy atom. The summed E-state index contributed by atoms with van der Waals surface area (Å²) in [5, 5.41) is 2.56. The smallest absolute Gasteiger partial charge is 0.319 e. The number of nitrogens with one attached hydrogen (secondary N) is 1. The van der Waals surface area contributed by atoms with Gasteiger partial charge in [0, 0.05) is 18.2 Å². The summed E-state index contributed by atoms with van der Waals surface area (Å²) in [5.74, 6) is -1.41. The molecule has 0 heterocycles. The van der Waals surface area contributed by atoms with E-state index in [-0.39, 0.29) is 23.8 Å². The van der Waals surface area contributed by atoms with Crippen molar-refractivity contribution in [2.45, 2.75) is 58.0 Å². The third-order valence-electron chi connectivity index (χ3n) is 3.93. The van der Waals surface area contributed by atoms with Gasteiger partial charge in [-0.2, -0.15) is 0 Å². The van der Waals surface area contributed by atoms with Crippen molar-refractivity contribution in [3.8, 4) is 0 Å². The lowest BCUT2D eigenvalue weighted by Crippen LogP contribution is -2.47. The quantitative estimate of drug-likeness (QED) is 0.872. The molecule has 5 heteroatoms. The third-order valence-corrected chi connectivity index (χ3v) is 3.93. The Labute approximate surface area is 124 Å². The molecule has 1 aromatic carbocycles. The number of carbonyl (C=O) groups is 1. The molecule has 0 bridgehead atoms. The standard InChI is InChI=1S/C16H22F2N2O/c1-11(2)20(13-6-4-3-5-7-13)16(21)19-15-9-8-12(17)10-14(15)18/h8-11,13H,3-7H2,1-2H3,(H,19,21). The van der Waals surface area contributed by atoms with Gasteiger partial charge in [-0.3, -0.25) is 0 Å². The van der Waals surface area contributed by atoms with E-state index in [1.807, 2.05) is 13.8 Å². The zero-order valence-electron chi connectivity index (χ0n) is 12.5. The highest BCUT2D eigenvalue weighted by atomic mass is 19.1. The van der Waals surface area contributed by atoms with E-state index in [2.05, 4.69) is 5.32 Å². The Kier molecular flexibility index (Phi) is 5.15. The highest BCUT2D eigenvalue weighted by molar-refractivity contribution is 5.89. The predicted molar refractivity (Wildman–Crippen MR) is 79.2 cm³/mol. The van der Waals surface area contributed by atoms with Crippen LogP contribution in [0, 0.1) is 11.6 Å². The van der Waals surface area contributed by atoms with E-state index in [9.17, 15) is 13.6 Å². The Bertz CT molecular complexity index is 499. The molecule has 1 fully saturated rings. The molecule has 1 aromatic rings. The lowest BCUT2D eigenvalue weighted by atomic mass is 9.93. The number of amides is 2. The molecule has 1 saturated carbocycles. The Morgan fingerprint density at radius 2 is 1.90 bits per heavy atom. The second-order valence-corrected chi connectivity index (χ2v) is 5.85. The summed E-state index contributed by atoms with van der Waals surface area (Å²) in [7, 11) is 0. The van der Waals surface area contributed by atoms with Crippen LogP contribution in [-0.4, -0.2) is 23.0 Å². The fourth-order valence-corrected chi connectivity index (χ4v) is 2.95. The monoisotopic (exact) mass is 296 g/mol. The normalized spacial score (nSPS) is 16.0. The topological polar surface area (TPSA) is 32.3 Å². The van der Waals surface area contributed by atoms with Gasteiger partial charge in [0.2, 0.25) is 0 Å². The first-order chi connectivity index (χ1) is 9.99. The molecule has 2 amide bonds. The van der Waals surface area contributed by atoms with E-state index in [1.165, 1.54) is 12.5 Å². The maximum Gasteiger partial charge on any atom is 0.322 e. The van der Waals surface area contributed by atoms with Crippen molar-refractivity contribution in [2.75, 3.05) is 5.32 Å². The van der Waals surface area contributed by atoms with Crippen LogP contribution in [0.2, 0.25) is 0 Å². The number of hydrogen-bond donors (Lipinski definition) is 1. The van der Waals surface area contributed by atoms with Crippen LogP contribution in [0.15, 0.2) is 18.2 Å². The first kappa shape index (κ1) is 15.7. The lowest BCUT2D eigenvalue weighted by molar-refractivity contribution is 0.145. The SMILES string of the molecule is CC(C)N(C(=O)Nc1ccc(F)cc1F)C1CCCCC1. The minimum absolute atomic E-state index is 0.0165. The van der Waals surface area contributed by atoms with Crippen molar-refractivity contribution in [1.29, 1.82) is 0 Å². The summed E-state index contributed by atoms with van der Waals surface area (Å²) in [4.78, 5) is 14.2. The molecule has 0 saturated heterocycles. The molecule has 0 spiro atoms. The minimum Gasteiger partial charge on any atom is -0.319 e. The van der Waals surface area contributed by atoms with Gasteiger partial charge in [0.25, 0.3) is 0 Å². The zero-order chi connectivity index (χ0) is 15.4. The number of urea groups is 1. The number of nitrogens with zero attached hydrogens (tertiary/aromatic N) is 1. The summed E-state index contributed by atoms with van der Waals surface area (Å²) >= 11 is 0. The van der Waals surface area contributed by atoms with Gasteiger partial charge in [0.05, 0.1) is 5.69 Å². The van der Waals surface area contributed by atoms with Gasteiger partial charge >= 0.3 is 6.03 Å². The number of hydrogen-bond acceptors (Lipinski definition) is 1. The van der Waals surface area contributed by atoms with Crippen LogP contribution < -0.4 is 5.32 Å². The molecule has 0 atom stereocenters. The maximum atomic E-state index is 13.6. The number of rotatable bonds is 3. The van der Waals surface area contributed by atoms with Crippen molar-refractivity contribution < 1.29 is 13.6 Å². The second kappa shape index (κ2) is 6.87. The Morgan fingerprint density at radius 3 is 2.48 bits per heavy atom. The molecule has 1 aliphatic carbocycles. The maximum absolute atomic E-state index is 13.6. The highest BCUT2D eigenvalue weighted by Crippen LogP contribution is 2.25. The van der Waals surface area contributed by atoms with E-state index < -0.39 is 11.6 Å². The highest BCUT2D eigenvalue weighted by Gasteiger charge is 2.28. The molecular formula is C16H22F2N2O. The summed E-state index contributed by atoms with van der Waals surface area (Å²) in [5.41, 5.74) is 0.0165. The molecule has 21 heavy (non-hydrogen) atoms. The molecule has 0 aliphatic heterocycles. The number of halogens is 2. The van der Waals surface area contributed by atoms with E-state index in [1.54, 1.807) is 4.90 Å². The van der Waals surface area contributed by atoms with Gasteiger partial charge in [-0.15, -0.1) is 0 Å². The molecule has 0 unspecified atom stereocenters. The van der Waals surface area contributed by atoms with Gasteiger partial charge in [-0.25, -0.2) is 13.6 Å². The van der Waals surface area contributed by atoms with Crippen molar-refractivity contribution in [1.82, 2.24) is 4.90 Å². The average molecular weight is 296 g/mol. The van der Waals surface area contributed by atoms with E-state index >= 15 is 0 Å². The van der Waals surface area contributed by atoms with Crippen LogP contribution in [0.1, 0.15) is 46.0 Å². The second-order valence-electron chi connectivity index (χ2n) is 5.85. The Balaban J connectivity index is 2.11. The van der Waals surface area contributed by atoms with E-state index in [0.29, 0.717) is 0 Å². The van der Waals surface area contributed by atoms with Crippen molar-refractivity contribution >= 4 is 11.7 Å². The predicted octanol–water partition coefficient (Wildman–Crippen LogP) is 4.54. The summed E-state index contributed by atoms with van der Waals surface area (Å²) in [6, 6.07) is 3.08. The summed E-state index contributed by atoms with van der Waals surface area (Å²) in [6.07, 6.45) is 5.41. The molecule has 0 radical (unpaired) electrons. The van der Waals surface area contributed by atoms with Crippen molar-refractivity contribution in [3.63, 3.8) is 0 Å². The number of anilines is 1. The van der Waals surface area contributed by atoms with Gasteiger partial charge in [0.1, 0.15) is 11.6 Å². The minimum atomic E-state index is -0.754. The van der Waals surface area contributed by atoms with Crippen LogP contribution in [0.4, 0.5) is 19.3 Å². The first-order valence-corrected chi connectivity index (χ1v) is 7.53. The van der Waals surface area contributed by atoms with Crippen LogP contribution >= 0.6 is 0 Å². The van der Waals surface area contributed by atoms with Crippen LogP contribution in [0.3, 0.4) is 0 Å². The molecule has 0 aromatic heterocycles. The molecule has 1 N–H and O–H groups in total. The molecule has 2 rings (SSSR count). The molecule has 116 valence electrons. The van der Waals surface area contributed by atoms with Crippen molar-refractivity contribution in [3.05, 3.63) is 29.8 Å². The largest absolute Gasteiger partial charge is 0.322 e. The van der Waals surface area contributed by atoms with E-state index in [4.69, 9.17) is 0 Å². The summed E-state index contributed by atoms with van der Waals surface area (Å²) < 4.78 is 26.5. The fourth-order valence-electron chi connectivity index (χ4n) is 2.95. The van der Waals surface area contributed by atoms with Gasteiger partial charge in [-0.05, 0) is 38.8 Å². The van der Waals surface area contributed by atoms with Gasteiger partial charge < -0.3 is 10.2 Å². The Hall–Kier alpha value is -1.65. The number of benzene rings is 1. The van der Waals surface area contributed by atoms with Gasteiger partial charge in [0.15, 0.2) is 0 Å². The average Bonchev–Trinajstić information content (AvgIpc) is 2.43. The first-order valence-electron chi connectivity index (χ1n) is 7.53. The van der Waals surface area contributed by atoms with Crippen LogP contribution in [-0.2, 0) is 0 Å². The molecule has 1 aliphatic rings. The lowest BCUT2D eigenvalue weighted by Gasteiger charge is -2.37. The van der Waals surface area contributed by atoms with Crippen LogP contribution in [0.5, 0.6) is 0 Å². The van der Waals surface area contributed by atoms with Gasteiger partial charge in [-0.1, -0.05) is 19.3 Å². The van der Waals surface area contributed by atoms with Crippen molar-refractivity contribution in [2.24, 2.45) is 0 Å². The fraction of sp³-hybridized carbons (Fsp3) is 0.562.